The molecular formula is C13H13ClO. The molecule has 0 saturated heterocycles. The van der Waals surface area contributed by atoms with Crippen LogP contribution in [-0.2, 0) is 11.2 Å². The van der Waals surface area contributed by atoms with E-state index in [1.165, 1.54) is 0 Å². The molecule has 0 radical (unpaired) electrons. The van der Waals surface area contributed by atoms with Crippen LogP contribution in [0.25, 0.3) is 6.08 Å². The van der Waals surface area contributed by atoms with Gasteiger partial charge in [0, 0.05) is 11.4 Å². The molecular weight excluding hydrogens is 208 g/mol. The van der Waals surface area contributed by atoms with E-state index in [0.29, 0.717) is 6.42 Å². The fraction of sp³-hybridized carbons (Fsp3) is 0.308. The first-order valence-electron chi connectivity index (χ1n) is 5.11. The van der Waals surface area contributed by atoms with Gasteiger partial charge in [0.25, 0.3) is 0 Å². The van der Waals surface area contributed by atoms with Crippen LogP contribution in [-0.4, -0.2) is 5.78 Å². The lowest BCUT2D eigenvalue weighted by molar-refractivity contribution is -0.115. The fourth-order valence-electron chi connectivity index (χ4n) is 1.90. The summed E-state index contributed by atoms with van der Waals surface area (Å²) in [4.78, 5) is 11.8. The summed E-state index contributed by atoms with van der Waals surface area (Å²) in [6.07, 6.45) is 2.42. The highest BCUT2D eigenvalue weighted by molar-refractivity contribution is 6.32. The van der Waals surface area contributed by atoms with Gasteiger partial charge in [-0.1, -0.05) is 37.6 Å². The zero-order valence-electron chi connectivity index (χ0n) is 8.88. The Morgan fingerprint density at radius 1 is 1.33 bits per heavy atom. The highest BCUT2D eigenvalue weighted by Gasteiger charge is 2.21. The predicted molar refractivity (Wildman–Crippen MR) is 63.0 cm³/mol. The van der Waals surface area contributed by atoms with Crippen LogP contribution in [0.1, 0.15) is 25.0 Å². The van der Waals surface area contributed by atoms with Crippen molar-refractivity contribution >= 4 is 23.5 Å². The third-order valence-corrected chi connectivity index (χ3v) is 3.07. The lowest BCUT2D eigenvalue weighted by Gasteiger charge is -2.18. The van der Waals surface area contributed by atoms with Gasteiger partial charge in [0.1, 0.15) is 0 Å². The first kappa shape index (κ1) is 10.4. The van der Waals surface area contributed by atoms with E-state index in [9.17, 15) is 4.79 Å². The first-order chi connectivity index (χ1) is 7.09. The summed E-state index contributed by atoms with van der Waals surface area (Å²) < 4.78 is 0. The molecule has 1 aliphatic rings. The van der Waals surface area contributed by atoms with Gasteiger partial charge < -0.3 is 0 Å². The monoisotopic (exact) mass is 220 g/mol. The fourth-order valence-corrected chi connectivity index (χ4v) is 2.15. The number of allylic oxidation sites excluding steroid dienone is 1. The number of hydrogen-bond donors (Lipinski definition) is 0. The van der Waals surface area contributed by atoms with E-state index >= 15 is 0 Å². The van der Waals surface area contributed by atoms with E-state index in [2.05, 4.69) is 0 Å². The second-order valence-corrected chi connectivity index (χ2v) is 4.57. The Bertz CT molecular complexity index is 444. The molecule has 0 unspecified atom stereocenters. The van der Waals surface area contributed by atoms with Crippen molar-refractivity contribution in [1.82, 2.24) is 0 Å². The number of carbonyl (C=O) groups excluding carboxylic acids is 1. The molecule has 1 aromatic carbocycles. The average molecular weight is 221 g/mol. The third-order valence-electron chi connectivity index (χ3n) is 2.74. The van der Waals surface area contributed by atoms with Crippen molar-refractivity contribution in [2.45, 2.75) is 20.3 Å². The van der Waals surface area contributed by atoms with Gasteiger partial charge >= 0.3 is 0 Å². The molecule has 0 aliphatic heterocycles. The van der Waals surface area contributed by atoms with Crippen molar-refractivity contribution in [2.75, 3.05) is 0 Å². The summed E-state index contributed by atoms with van der Waals surface area (Å²) in [7, 11) is 0. The largest absolute Gasteiger partial charge is 0.294 e. The maximum Gasteiger partial charge on any atom is 0.163 e. The normalized spacial score (nSPS) is 15.2. The smallest absolute Gasteiger partial charge is 0.163 e. The van der Waals surface area contributed by atoms with Crippen LogP contribution in [0, 0.1) is 5.92 Å². The third kappa shape index (κ3) is 1.84. The zero-order valence-corrected chi connectivity index (χ0v) is 9.64. The molecule has 1 aliphatic carbocycles. The van der Waals surface area contributed by atoms with E-state index < -0.39 is 0 Å². The molecule has 0 aromatic heterocycles. The quantitative estimate of drug-likeness (QED) is 0.708. The van der Waals surface area contributed by atoms with Gasteiger partial charge in [-0.25, -0.2) is 0 Å². The Balaban J connectivity index is 2.57. The molecule has 0 saturated carbocycles. The van der Waals surface area contributed by atoms with Gasteiger partial charge in [0.15, 0.2) is 5.78 Å². The van der Waals surface area contributed by atoms with Gasteiger partial charge in [-0.2, -0.15) is 0 Å². The summed E-state index contributed by atoms with van der Waals surface area (Å²) in [6, 6.07) is 5.72. The molecule has 0 bridgehead atoms. The molecule has 0 atom stereocenters. The van der Waals surface area contributed by atoms with Gasteiger partial charge in [-0.15, -0.1) is 0 Å². The van der Waals surface area contributed by atoms with E-state index in [0.717, 1.165) is 21.7 Å². The molecule has 0 heterocycles. The predicted octanol–water partition coefficient (Wildman–Crippen LogP) is 3.50. The summed E-state index contributed by atoms with van der Waals surface area (Å²) in [5.41, 5.74) is 2.94. The van der Waals surface area contributed by atoms with Crippen molar-refractivity contribution in [3.63, 3.8) is 0 Å². The van der Waals surface area contributed by atoms with Crippen molar-refractivity contribution in [3.05, 3.63) is 39.9 Å². The van der Waals surface area contributed by atoms with Crippen LogP contribution in [0.2, 0.25) is 5.02 Å². The Kier molecular flexibility index (Phi) is 2.66. The SMILES string of the molecule is CC(C)C1=Cc2c(Cl)cccc2CC1=O. The van der Waals surface area contributed by atoms with Crippen molar-refractivity contribution in [2.24, 2.45) is 5.92 Å². The average Bonchev–Trinajstić information content (AvgIpc) is 2.16. The Labute approximate surface area is 94.8 Å². The minimum Gasteiger partial charge on any atom is -0.294 e. The highest BCUT2D eigenvalue weighted by atomic mass is 35.5. The van der Waals surface area contributed by atoms with Gasteiger partial charge in [0.2, 0.25) is 0 Å². The number of fused-ring (bicyclic) bond motifs is 1. The minimum absolute atomic E-state index is 0.222. The van der Waals surface area contributed by atoms with Crippen molar-refractivity contribution in [1.29, 1.82) is 0 Å². The zero-order chi connectivity index (χ0) is 11.0. The second kappa shape index (κ2) is 3.82. The van der Waals surface area contributed by atoms with Crippen LogP contribution < -0.4 is 0 Å². The van der Waals surface area contributed by atoms with Gasteiger partial charge in [-0.3, -0.25) is 4.79 Å². The molecule has 0 spiro atoms. The number of Topliss-reactive ketones (excluding diaryl/α,β-unsaturated/α-hetero) is 1. The lowest BCUT2D eigenvalue weighted by Crippen LogP contribution is -2.16. The Morgan fingerprint density at radius 3 is 2.73 bits per heavy atom. The summed E-state index contributed by atoms with van der Waals surface area (Å²) in [6.45, 7) is 4.07. The van der Waals surface area contributed by atoms with Crippen molar-refractivity contribution in [3.8, 4) is 0 Å². The number of halogens is 1. The van der Waals surface area contributed by atoms with E-state index in [-0.39, 0.29) is 11.7 Å². The first-order valence-corrected chi connectivity index (χ1v) is 5.49. The van der Waals surface area contributed by atoms with Crippen molar-refractivity contribution < 1.29 is 4.79 Å². The van der Waals surface area contributed by atoms with Crippen LogP contribution in [0.4, 0.5) is 0 Å². The standard InChI is InChI=1S/C13H13ClO/c1-8(2)10-7-11-9(6-13(10)15)4-3-5-12(11)14/h3-5,7-8H,6H2,1-2H3. The second-order valence-electron chi connectivity index (χ2n) is 4.17. The molecule has 2 rings (SSSR count). The number of rotatable bonds is 1. The summed E-state index contributed by atoms with van der Waals surface area (Å²) in [5, 5.41) is 0.734. The Morgan fingerprint density at radius 2 is 2.07 bits per heavy atom. The maximum atomic E-state index is 11.8. The molecule has 1 aromatic rings. The van der Waals surface area contributed by atoms with Crippen LogP contribution >= 0.6 is 11.6 Å². The Hall–Kier alpha value is -1.08. The van der Waals surface area contributed by atoms with E-state index in [1.54, 1.807) is 0 Å². The summed E-state index contributed by atoms with van der Waals surface area (Å²) >= 11 is 6.10. The molecule has 78 valence electrons. The van der Waals surface area contributed by atoms with Crippen LogP contribution in [0.15, 0.2) is 23.8 Å². The van der Waals surface area contributed by atoms with E-state index in [4.69, 9.17) is 11.6 Å². The highest BCUT2D eigenvalue weighted by Crippen LogP contribution is 2.30. The molecule has 15 heavy (non-hydrogen) atoms. The number of hydrogen-bond acceptors (Lipinski definition) is 1. The van der Waals surface area contributed by atoms with Gasteiger partial charge in [0.05, 0.1) is 0 Å². The van der Waals surface area contributed by atoms with Crippen LogP contribution in [0.5, 0.6) is 0 Å². The molecule has 0 amide bonds. The molecule has 2 heteroatoms. The minimum atomic E-state index is 0.222. The number of ketones is 1. The molecule has 0 N–H and O–H groups in total. The van der Waals surface area contributed by atoms with Gasteiger partial charge in [-0.05, 0) is 34.8 Å². The lowest BCUT2D eigenvalue weighted by atomic mass is 9.86. The summed E-state index contributed by atoms with van der Waals surface area (Å²) in [5.74, 6) is 0.488. The topological polar surface area (TPSA) is 17.1 Å². The number of carbonyl (C=O) groups is 1. The maximum absolute atomic E-state index is 11.8. The number of benzene rings is 1. The van der Waals surface area contributed by atoms with Crippen LogP contribution in [0.3, 0.4) is 0 Å². The van der Waals surface area contributed by atoms with E-state index in [1.807, 2.05) is 38.1 Å². The molecule has 1 nitrogen and oxygen atoms in total. The molecule has 0 fully saturated rings.